The van der Waals surface area contributed by atoms with Gasteiger partial charge in [0.2, 0.25) is 0 Å². The van der Waals surface area contributed by atoms with Crippen LogP contribution in [0.15, 0.2) is 12.1 Å². The molecule has 64 valence electrons. The lowest BCUT2D eigenvalue weighted by molar-refractivity contribution is 0.456. The molecule has 0 unspecified atom stereocenters. The first-order chi connectivity index (χ1) is 5.52. The fourth-order valence-corrected chi connectivity index (χ4v) is 0.754. The van der Waals surface area contributed by atoms with Crippen LogP contribution in [0, 0.1) is 11.6 Å². The van der Waals surface area contributed by atoms with Gasteiger partial charge in [-0.2, -0.15) is 0 Å². The first-order valence-electron chi connectivity index (χ1n) is 2.98. The van der Waals surface area contributed by atoms with Gasteiger partial charge in [-0.25, -0.2) is 8.78 Å². The van der Waals surface area contributed by atoms with Crippen molar-refractivity contribution >= 4 is 12.7 Å². The van der Waals surface area contributed by atoms with Gasteiger partial charge in [0.15, 0.2) is 11.6 Å². The zero-order valence-electron chi connectivity index (χ0n) is 5.69. The summed E-state index contributed by atoms with van der Waals surface area (Å²) in [5, 5.41) is 8.63. The lowest BCUT2D eigenvalue weighted by atomic mass is 9.85. The van der Waals surface area contributed by atoms with E-state index in [0.29, 0.717) is 12.1 Å². The van der Waals surface area contributed by atoms with Crippen LogP contribution in [0.3, 0.4) is 0 Å². The van der Waals surface area contributed by atoms with E-state index < -0.39 is 30.1 Å². The van der Waals surface area contributed by atoms with Crippen LogP contribution in [0.5, 0.6) is 5.75 Å². The number of hydrogen-bond acceptors (Lipinski definition) is 1. The maximum absolute atomic E-state index is 12.5. The Morgan fingerprint density at radius 3 is 2.25 bits per heavy atom. The maximum Gasteiger partial charge on any atom is 0.575 e. The summed E-state index contributed by atoms with van der Waals surface area (Å²) in [7, 11) is -3.13. The Morgan fingerprint density at radius 2 is 1.75 bits per heavy atom. The van der Waals surface area contributed by atoms with Crippen LogP contribution in [0.4, 0.5) is 17.4 Å². The zero-order valence-corrected chi connectivity index (χ0v) is 5.69. The summed E-state index contributed by atoms with van der Waals surface area (Å²) < 4.78 is 48.5. The monoisotopic (exact) mass is 178 g/mol. The molecule has 1 N–H and O–H groups in total. The number of halogens is 4. The van der Waals surface area contributed by atoms with Gasteiger partial charge in [0.25, 0.3) is 0 Å². The molecule has 1 rings (SSSR count). The fourth-order valence-electron chi connectivity index (χ4n) is 0.754. The third-order valence-electron chi connectivity index (χ3n) is 1.28. The molecule has 1 aromatic carbocycles. The Labute approximate surface area is 65.8 Å². The molecule has 0 fully saturated rings. The Balaban J connectivity index is 3.28. The molecule has 0 saturated carbocycles. The van der Waals surface area contributed by atoms with Gasteiger partial charge in [-0.15, -0.1) is 0 Å². The topological polar surface area (TPSA) is 20.2 Å². The normalized spacial score (nSPS) is 10.0. The van der Waals surface area contributed by atoms with Crippen molar-refractivity contribution in [2.75, 3.05) is 0 Å². The molecular weight excluding hydrogens is 175 g/mol. The molecule has 0 amide bonds. The van der Waals surface area contributed by atoms with Crippen LogP contribution in [-0.2, 0) is 0 Å². The molecule has 0 atom stereocenters. The minimum absolute atomic E-state index is 0.432. The molecule has 0 bridgehead atoms. The fraction of sp³-hybridized carbons (Fsp3) is 0. The average molecular weight is 178 g/mol. The molecule has 0 aliphatic rings. The summed E-state index contributed by atoms with van der Waals surface area (Å²) in [5.74, 6) is -3.82. The quantitative estimate of drug-likeness (QED) is 0.507. The van der Waals surface area contributed by atoms with Gasteiger partial charge in [0.05, 0.1) is 0 Å². The highest BCUT2D eigenvalue weighted by atomic mass is 19.2. The van der Waals surface area contributed by atoms with Crippen molar-refractivity contribution in [2.45, 2.75) is 0 Å². The summed E-state index contributed by atoms with van der Waals surface area (Å²) in [5.41, 5.74) is -1.13. The van der Waals surface area contributed by atoms with Crippen LogP contribution in [-0.4, -0.2) is 12.4 Å². The first kappa shape index (κ1) is 8.90. The van der Waals surface area contributed by atoms with Gasteiger partial charge < -0.3 is 5.11 Å². The summed E-state index contributed by atoms with van der Waals surface area (Å²) in [6.45, 7) is 0. The Hall–Kier alpha value is -1.20. The van der Waals surface area contributed by atoms with Crippen molar-refractivity contribution in [2.24, 2.45) is 0 Å². The van der Waals surface area contributed by atoms with Crippen molar-refractivity contribution in [3.8, 4) is 5.75 Å². The molecule has 0 radical (unpaired) electrons. The highest BCUT2D eigenvalue weighted by molar-refractivity contribution is 6.60. The first-order valence-corrected chi connectivity index (χ1v) is 2.98. The summed E-state index contributed by atoms with van der Waals surface area (Å²) in [6.07, 6.45) is 0. The van der Waals surface area contributed by atoms with Crippen molar-refractivity contribution < 1.29 is 22.5 Å². The van der Waals surface area contributed by atoms with Crippen LogP contribution >= 0.6 is 0 Å². The van der Waals surface area contributed by atoms with Crippen LogP contribution < -0.4 is 5.46 Å². The standard InChI is InChI=1S/C6H3BF4O/c8-5-2-3(12)1-4(6(5)9)7(10)11/h1-2,12H. The van der Waals surface area contributed by atoms with Crippen molar-refractivity contribution in [1.82, 2.24) is 0 Å². The average Bonchev–Trinajstić information content (AvgIpc) is 1.96. The summed E-state index contributed by atoms with van der Waals surface area (Å²) >= 11 is 0. The van der Waals surface area contributed by atoms with E-state index in [1.165, 1.54) is 0 Å². The minimum atomic E-state index is -3.13. The molecular formula is C6H3BF4O. The number of phenols is 1. The Kier molecular flexibility index (Phi) is 2.26. The number of aromatic hydroxyl groups is 1. The van der Waals surface area contributed by atoms with Crippen LogP contribution in [0.1, 0.15) is 0 Å². The van der Waals surface area contributed by atoms with Crippen molar-refractivity contribution in [3.05, 3.63) is 23.8 Å². The third-order valence-corrected chi connectivity index (χ3v) is 1.28. The van der Waals surface area contributed by atoms with Gasteiger partial charge >= 0.3 is 7.27 Å². The SMILES string of the molecule is Oc1cc(F)c(F)c(B(F)F)c1. The Morgan fingerprint density at radius 1 is 1.17 bits per heavy atom. The molecule has 0 spiro atoms. The van der Waals surface area contributed by atoms with E-state index in [4.69, 9.17) is 5.11 Å². The van der Waals surface area contributed by atoms with E-state index in [1.54, 1.807) is 0 Å². The van der Waals surface area contributed by atoms with E-state index in [2.05, 4.69) is 0 Å². The van der Waals surface area contributed by atoms with Gasteiger partial charge in [0, 0.05) is 11.5 Å². The smallest absolute Gasteiger partial charge is 0.508 e. The second-order valence-corrected chi connectivity index (χ2v) is 2.13. The molecule has 1 nitrogen and oxygen atoms in total. The molecule has 0 aliphatic heterocycles. The number of phenolic OH excluding ortho intramolecular Hbond substituents is 1. The van der Waals surface area contributed by atoms with Gasteiger partial charge in [0.1, 0.15) is 5.75 Å². The van der Waals surface area contributed by atoms with E-state index in [1.807, 2.05) is 0 Å². The lowest BCUT2D eigenvalue weighted by Gasteiger charge is -2.00. The van der Waals surface area contributed by atoms with E-state index in [0.717, 1.165) is 0 Å². The zero-order chi connectivity index (χ0) is 9.30. The maximum atomic E-state index is 12.5. The second-order valence-electron chi connectivity index (χ2n) is 2.13. The van der Waals surface area contributed by atoms with E-state index in [9.17, 15) is 17.4 Å². The van der Waals surface area contributed by atoms with Gasteiger partial charge in [-0.05, 0) is 6.07 Å². The lowest BCUT2D eigenvalue weighted by Crippen LogP contribution is -2.25. The number of rotatable bonds is 1. The minimum Gasteiger partial charge on any atom is -0.508 e. The number of benzene rings is 1. The molecule has 0 saturated heterocycles. The van der Waals surface area contributed by atoms with Gasteiger partial charge in [-0.3, -0.25) is 8.63 Å². The highest BCUT2D eigenvalue weighted by Gasteiger charge is 2.24. The highest BCUT2D eigenvalue weighted by Crippen LogP contribution is 2.13. The summed E-state index contributed by atoms with van der Waals surface area (Å²) in [4.78, 5) is 0. The van der Waals surface area contributed by atoms with Crippen molar-refractivity contribution in [3.63, 3.8) is 0 Å². The molecule has 1 aromatic rings. The van der Waals surface area contributed by atoms with Crippen LogP contribution in [0.2, 0.25) is 0 Å². The van der Waals surface area contributed by atoms with Crippen LogP contribution in [0.25, 0.3) is 0 Å². The molecule has 0 aromatic heterocycles. The predicted molar refractivity (Wildman–Crippen MR) is 35.6 cm³/mol. The van der Waals surface area contributed by atoms with Crippen molar-refractivity contribution in [1.29, 1.82) is 0 Å². The predicted octanol–water partition coefficient (Wildman–Crippen LogP) is 1.30. The molecule has 12 heavy (non-hydrogen) atoms. The Bertz CT molecular complexity index is 302. The number of hydrogen-bond donors (Lipinski definition) is 1. The third kappa shape index (κ3) is 1.52. The van der Waals surface area contributed by atoms with E-state index >= 15 is 0 Å². The molecule has 0 heterocycles. The summed E-state index contributed by atoms with van der Waals surface area (Å²) in [6, 6.07) is 0.921. The second kappa shape index (κ2) is 3.04. The van der Waals surface area contributed by atoms with E-state index in [-0.39, 0.29) is 0 Å². The molecule has 6 heteroatoms. The molecule has 0 aliphatic carbocycles. The van der Waals surface area contributed by atoms with Gasteiger partial charge in [-0.1, -0.05) is 0 Å². The largest absolute Gasteiger partial charge is 0.575 e.